The molecule has 1 fully saturated rings. The zero-order valence-corrected chi connectivity index (χ0v) is 6.50. The average Bonchev–Trinajstić information content (AvgIpc) is 1.83. The minimum atomic E-state index is -2.86. The number of nitrogens with zero attached hydrogens (tertiary/aromatic N) is 1. The molecule has 0 aromatic heterocycles. The lowest BCUT2D eigenvalue weighted by molar-refractivity contribution is 0.232. The quantitative estimate of drug-likeness (QED) is 0.247. The van der Waals surface area contributed by atoms with Crippen LogP contribution in [-0.2, 0) is 9.84 Å². The van der Waals surface area contributed by atoms with Gasteiger partial charge in [-0.15, -0.1) is 0 Å². The molecule has 0 spiro atoms. The van der Waals surface area contributed by atoms with E-state index in [2.05, 4.69) is 4.99 Å². The summed E-state index contributed by atoms with van der Waals surface area (Å²) in [5.41, 5.74) is 6.69. The Balaban J connectivity index is 2.46. The standard InChI is InChI=1S/C4H9N3O3S/c5-4(7-8)6-3-1-11(9,10)2-3/h3,8H,1-2H2,(H3,5,6,7). The van der Waals surface area contributed by atoms with Crippen LogP contribution in [0.25, 0.3) is 0 Å². The van der Waals surface area contributed by atoms with Crippen molar-refractivity contribution in [3.8, 4) is 0 Å². The first-order valence-corrected chi connectivity index (χ1v) is 4.79. The van der Waals surface area contributed by atoms with Crippen molar-refractivity contribution in [2.45, 2.75) is 6.04 Å². The van der Waals surface area contributed by atoms with E-state index in [1.165, 1.54) is 0 Å². The lowest BCUT2D eigenvalue weighted by Gasteiger charge is -2.21. The minimum Gasteiger partial charge on any atom is -0.368 e. The molecule has 6 nitrogen and oxygen atoms in total. The van der Waals surface area contributed by atoms with Crippen molar-refractivity contribution in [2.75, 3.05) is 11.5 Å². The van der Waals surface area contributed by atoms with Crippen molar-refractivity contribution in [3.05, 3.63) is 0 Å². The fraction of sp³-hybridized carbons (Fsp3) is 0.750. The van der Waals surface area contributed by atoms with E-state index in [0.29, 0.717) is 0 Å². The van der Waals surface area contributed by atoms with Crippen molar-refractivity contribution in [1.82, 2.24) is 5.48 Å². The average molecular weight is 179 g/mol. The number of sulfone groups is 1. The molecule has 0 radical (unpaired) electrons. The first kappa shape index (κ1) is 8.28. The molecule has 0 bridgehead atoms. The number of aliphatic imine (C=N–C) groups is 1. The van der Waals surface area contributed by atoms with Crippen molar-refractivity contribution < 1.29 is 13.6 Å². The van der Waals surface area contributed by atoms with Crippen LogP contribution in [0.3, 0.4) is 0 Å². The van der Waals surface area contributed by atoms with E-state index < -0.39 is 9.84 Å². The molecular weight excluding hydrogens is 170 g/mol. The Bertz CT molecular complexity index is 258. The molecule has 1 rings (SSSR count). The second-order valence-corrected chi connectivity index (χ2v) is 4.51. The first-order valence-electron chi connectivity index (χ1n) is 2.97. The van der Waals surface area contributed by atoms with E-state index in [-0.39, 0.29) is 23.5 Å². The van der Waals surface area contributed by atoms with E-state index in [9.17, 15) is 8.42 Å². The SMILES string of the molecule is NC(=NC1CS(=O)(=O)C1)NO. The maximum absolute atomic E-state index is 10.6. The summed E-state index contributed by atoms with van der Waals surface area (Å²) in [5, 5.41) is 8.18. The van der Waals surface area contributed by atoms with Gasteiger partial charge < -0.3 is 5.73 Å². The number of nitrogens with two attached hydrogens (primary N) is 1. The summed E-state index contributed by atoms with van der Waals surface area (Å²) in [7, 11) is -2.86. The van der Waals surface area contributed by atoms with Gasteiger partial charge in [-0.1, -0.05) is 0 Å². The van der Waals surface area contributed by atoms with Crippen LogP contribution in [0, 0.1) is 0 Å². The summed E-state index contributed by atoms with van der Waals surface area (Å²) in [5.74, 6) is -0.102. The van der Waals surface area contributed by atoms with E-state index in [0.717, 1.165) is 0 Å². The fourth-order valence-electron chi connectivity index (χ4n) is 0.838. The summed E-state index contributed by atoms with van der Waals surface area (Å²) < 4.78 is 21.1. The van der Waals surface area contributed by atoms with Crippen LogP contribution in [0.4, 0.5) is 0 Å². The normalized spacial score (nSPS) is 24.3. The molecule has 1 aliphatic rings. The molecular formula is C4H9N3O3S. The van der Waals surface area contributed by atoms with Crippen LogP contribution in [0.1, 0.15) is 0 Å². The minimum absolute atomic E-state index is 0.0232. The molecule has 7 heteroatoms. The van der Waals surface area contributed by atoms with E-state index in [1.54, 1.807) is 5.48 Å². The third-order valence-electron chi connectivity index (χ3n) is 1.33. The van der Waals surface area contributed by atoms with Gasteiger partial charge in [0.25, 0.3) is 0 Å². The largest absolute Gasteiger partial charge is 0.368 e. The van der Waals surface area contributed by atoms with Gasteiger partial charge in [0.15, 0.2) is 9.84 Å². The van der Waals surface area contributed by atoms with Gasteiger partial charge in [0.1, 0.15) is 0 Å². The van der Waals surface area contributed by atoms with Gasteiger partial charge in [-0.25, -0.2) is 18.9 Å². The zero-order valence-electron chi connectivity index (χ0n) is 5.69. The molecule has 0 amide bonds. The molecule has 0 aliphatic carbocycles. The van der Waals surface area contributed by atoms with E-state index >= 15 is 0 Å². The molecule has 4 N–H and O–H groups in total. The fourth-order valence-corrected chi connectivity index (χ4v) is 2.06. The van der Waals surface area contributed by atoms with E-state index in [4.69, 9.17) is 10.9 Å². The predicted octanol–water partition coefficient (Wildman–Crippen LogP) is -1.92. The maximum Gasteiger partial charge on any atom is 0.213 e. The molecule has 1 heterocycles. The number of guanidine groups is 1. The summed E-state index contributed by atoms with van der Waals surface area (Å²) >= 11 is 0. The first-order chi connectivity index (χ1) is 5.03. The topological polar surface area (TPSA) is 105 Å². The third-order valence-corrected chi connectivity index (χ3v) is 3.11. The lowest BCUT2D eigenvalue weighted by Crippen LogP contribution is -2.42. The second-order valence-electron chi connectivity index (χ2n) is 2.36. The lowest BCUT2D eigenvalue weighted by atomic mass is 10.4. The van der Waals surface area contributed by atoms with Crippen LogP contribution in [-0.4, -0.2) is 37.1 Å². The molecule has 0 aromatic carbocycles. The number of nitrogens with one attached hydrogen (secondary N) is 1. The summed E-state index contributed by atoms with van der Waals surface area (Å²) in [6.45, 7) is 0. The molecule has 0 saturated carbocycles. The third kappa shape index (κ3) is 2.05. The Morgan fingerprint density at radius 1 is 1.64 bits per heavy atom. The number of hydrogen-bond acceptors (Lipinski definition) is 4. The Kier molecular flexibility index (Phi) is 2.01. The molecule has 11 heavy (non-hydrogen) atoms. The smallest absolute Gasteiger partial charge is 0.213 e. The number of hydrogen-bond donors (Lipinski definition) is 3. The molecule has 0 aromatic rings. The highest BCUT2D eigenvalue weighted by molar-refractivity contribution is 7.92. The Labute approximate surface area is 64.0 Å². The van der Waals surface area contributed by atoms with Gasteiger partial charge >= 0.3 is 0 Å². The second kappa shape index (κ2) is 2.67. The number of hydroxylamine groups is 1. The van der Waals surface area contributed by atoms with Gasteiger partial charge in [0, 0.05) is 0 Å². The van der Waals surface area contributed by atoms with Crippen LogP contribution >= 0.6 is 0 Å². The van der Waals surface area contributed by atoms with Crippen LogP contribution in [0.5, 0.6) is 0 Å². The molecule has 1 saturated heterocycles. The monoisotopic (exact) mass is 179 g/mol. The summed E-state index contributed by atoms with van der Waals surface area (Å²) in [6, 6.07) is -0.292. The Hall–Kier alpha value is -0.820. The van der Waals surface area contributed by atoms with Gasteiger partial charge in [0.05, 0.1) is 17.5 Å². The van der Waals surface area contributed by atoms with E-state index in [1.807, 2.05) is 0 Å². The maximum atomic E-state index is 10.6. The van der Waals surface area contributed by atoms with Crippen molar-refractivity contribution in [1.29, 1.82) is 0 Å². The highest BCUT2D eigenvalue weighted by atomic mass is 32.2. The van der Waals surface area contributed by atoms with Crippen molar-refractivity contribution in [3.63, 3.8) is 0 Å². The number of rotatable bonds is 1. The van der Waals surface area contributed by atoms with Gasteiger partial charge in [-0.3, -0.25) is 5.21 Å². The van der Waals surface area contributed by atoms with Crippen molar-refractivity contribution >= 4 is 15.8 Å². The molecule has 0 unspecified atom stereocenters. The van der Waals surface area contributed by atoms with Gasteiger partial charge in [-0.2, -0.15) is 0 Å². The molecule has 1 aliphatic heterocycles. The zero-order chi connectivity index (χ0) is 8.48. The highest BCUT2D eigenvalue weighted by Crippen LogP contribution is 2.13. The molecule has 0 atom stereocenters. The predicted molar refractivity (Wildman–Crippen MR) is 39.0 cm³/mol. The van der Waals surface area contributed by atoms with Crippen molar-refractivity contribution in [2.24, 2.45) is 10.7 Å². The van der Waals surface area contributed by atoms with Crippen LogP contribution in [0.2, 0.25) is 0 Å². The van der Waals surface area contributed by atoms with Gasteiger partial charge in [0.2, 0.25) is 5.96 Å². The summed E-state index contributed by atoms with van der Waals surface area (Å²) in [4.78, 5) is 3.65. The summed E-state index contributed by atoms with van der Waals surface area (Å²) in [6.07, 6.45) is 0. The van der Waals surface area contributed by atoms with Gasteiger partial charge in [-0.05, 0) is 0 Å². The Morgan fingerprint density at radius 2 is 2.18 bits per heavy atom. The Morgan fingerprint density at radius 3 is 2.55 bits per heavy atom. The highest BCUT2D eigenvalue weighted by Gasteiger charge is 2.33. The molecule has 64 valence electrons. The van der Waals surface area contributed by atoms with Crippen LogP contribution < -0.4 is 11.2 Å². The van der Waals surface area contributed by atoms with Crippen LogP contribution in [0.15, 0.2) is 4.99 Å².